The second-order valence-corrected chi connectivity index (χ2v) is 9.70. The number of fused-ring (bicyclic) bond motifs is 1. The summed E-state index contributed by atoms with van der Waals surface area (Å²) in [6.07, 6.45) is 4.35. The van der Waals surface area contributed by atoms with Gasteiger partial charge in [-0.05, 0) is 49.1 Å². The molecule has 1 spiro atoms. The lowest BCUT2D eigenvalue weighted by Gasteiger charge is -2.43. The zero-order valence-corrected chi connectivity index (χ0v) is 17.3. The first kappa shape index (κ1) is 17.6. The van der Waals surface area contributed by atoms with Crippen molar-refractivity contribution < 1.29 is 9.53 Å². The number of thioether (sulfide) groups is 1. The van der Waals surface area contributed by atoms with Gasteiger partial charge in [0.15, 0.2) is 0 Å². The molecule has 6 rings (SSSR count). The van der Waals surface area contributed by atoms with Crippen molar-refractivity contribution in [3.63, 3.8) is 0 Å². The number of methoxy groups -OCH3 is 1. The van der Waals surface area contributed by atoms with Gasteiger partial charge in [-0.25, -0.2) is 9.69 Å². The van der Waals surface area contributed by atoms with Crippen LogP contribution in [0.4, 0.5) is 10.5 Å². The molecule has 1 amide bonds. The minimum absolute atomic E-state index is 0.162. The lowest BCUT2D eigenvalue weighted by atomic mass is 9.65. The second kappa shape index (κ2) is 6.38. The molecule has 0 aromatic heterocycles. The predicted molar refractivity (Wildman–Crippen MR) is 115 cm³/mol. The Morgan fingerprint density at radius 2 is 1.93 bits per heavy atom. The summed E-state index contributed by atoms with van der Waals surface area (Å²) in [4.78, 5) is 18.7. The van der Waals surface area contributed by atoms with Gasteiger partial charge in [-0.3, -0.25) is 4.90 Å². The zero-order chi connectivity index (χ0) is 19.6. The average Bonchev–Trinajstić information content (AvgIpc) is 3.41. The fourth-order valence-electron chi connectivity index (χ4n) is 6.31. The molecule has 1 aliphatic carbocycles. The van der Waals surface area contributed by atoms with Crippen LogP contribution in [0.1, 0.15) is 18.4 Å². The van der Waals surface area contributed by atoms with E-state index in [4.69, 9.17) is 4.74 Å². The van der Waals surface area contributed by atoms with Gasteiger partial charge in [-0.2, -0.15) is 0 Å². The van der Waals surface area contributed by atoms with Crippen molar-refractivity contribution in [2.75, 3.05) is 25.1 Å². The van der Waals surface area contributed by atoms with E-state index in [2.05, 4.69) is 59.5 Å². The van der Waals surface area contributed by atoms with Crippen LogP contribution in [-0.2, 0) is 10.2 Å². The van der Waals surface area contributed by atoms with Crippen LogP contribution < -0.4 is 4.90 Å². The van der Waals surface area contributed by atoms with Crippen LogP contribution in [0.5, 0.6) is 0 Å². The molecule has 4 aliphatic rings. The van der Waals surface area contributed by atoms with Crippen LogP contribution >= 0.6 is 11.8 Å². The van der Waals surface area contributed by atoms with E-state index in [0.29, 0.717) is 17.2 Å². The Labute approximate surface area is 175 Å². The third-order valence-electron chi connectivity index (χ3n) is 7.25. The van der Waals surface area contributed by atoms with E-state index in [1.54, 1.807) is 0 Å². The monoisotopic (exact) mass is 404 g/mol. The highest BCUT2D eigenvalue weighted by molar-refractivity contribution is 8.00. The largest absolute Gasteiger partial charge is 0.452 e. The summed E-state index contributed by atoms with van der Waals surface area (Å²) in [5, 5.41) is 0.361. The summed E-state index contributed by atoms with van der Waals surface area (Å²) < 4.78 is 5.23. The van der Waals surface area contributed by atoms with Gasteiger partial charge in [-0.1, -0.05) is 42.5 Å². The minimum Gasteiger partial charge on any atom is -0.452 e. The van der Waals surface area contributed by atoms with Crippen molar-refractivity contribution in [3.8, 4) is 0 Å². The zero-order valence-electron chi connectivity index (χ0n) is 16.5. The maximum Gasteiger partial charge on any atom is 0.418 e. The average molecular weight is 405 g/mol. The number of amides is 1. The number of ether oxygens (including phenoxy) is 1. The molecular weight excluding hydrogens is 380 g/mol. The van der Waals surface area contributed by atoms with Gasteiger partial charge in [0.25, 0.3) is 0 Å². The summed E-state index contributed by atoms with van der Waals surface area (Å²) >= 11 is 1.97. The molecule has 0 radical (unpaired) electrons. The van der Waals surface area contributed by atoms with Gasteiger partial charge in [-0.15, -0.1) is 11.8 Å². The Hall–Kier alpha value is -2.24. The fraction of sp³-hybridized carbons (Fsp3) is 0.375. The quantitative estimate of drug-likeness (QED) is 0.729. The first-order valence-corrected chi connectivity index (χ1v) is 11.3. The van der Waals surface area contributed by atoms with Crippen LogP contribution in [0, 0.1) is 5.92 Å². The van der Waals surface area contributed by atoms with Crippen molar-refractivity contribution in [1.29, 1.82) is 0 Å². The number of para-hydroxylation sites is 1. The highest BCUT2D eigenvalue weighted by Crippen LogP contribution is 2.64. The molecule has 29 heavy (non-hydrogen) atoms. The molecular formula is C24H24N2O2S. The summed E-state index contributed by atoms with van der Waals surface area (Å²) in [5.74, 6) is 0.658. The van der Waals surface area contributed by atoms with Crippen LogP contribution in [0.3, 0.4) is 0 Å². The summed E-state index contributed by atoms with van der Waals surface area (Å²) in [7, 11) is 1.48. The summed E-state index contributed by atoms with van der Waals surface area (Å²) in [6.45, 7) is 2.21. The highest BCUT2D eigenvalue weighted by Gasteiger charge is 2.67. The van der Waals surface area contributed by atoms with Crippen LogP contribution in [-0.4, -0.2) is 42.5 Å². The molecule has 0 saturated carbocycles. The van der Waals surface area contributed by atoms with Gasteiger partial charge in [0.05, 0.1) is 18.2 Å². The normalized spacial score (nSPS) is 31.8. The Balaban J connectivity index is 1.57. The van der Waals surface area contributed by atoms with Crippen molar-refractivity contribution in [3.05, 3.63) is 71.9 Å². The SMILES string of the molecule is COC(=O)N1C2=CC[C@H]3CCN4C[C@H](Sc5ccccc5)[C@]2(c2ccccc21)[C@@H]34. The van der Waals surface area contributed by atoms with Crippen molar-refractivity contribution in [2.45, 2.75) is 34.4 Å². The van der Waals surface area contributed by atoms with Gasteiger partial charge in [0.1, 0.15) is 0 Å². The maximum absolute atomic E-state index is 12.9. The van der Waals surface area contributed by atoms with Crippen molar-refractivity contribution in [2.24, 2.45) is 5.92 Å². The molecule has 3 heterocycles. The predicted octanol–water partition coefficient (Wildman–Crippen LogP) is 4.66. The van der Waals surface area contributed by atoms with Gasteiger partial charge >= 0.3 is 6.09 Å². The molecule has 5 heteroatoms. The van der Waals surface area contributed by atoms with E-state index >= 15 is 0 Å². The van der Waals surface area contributed by atoms with Crippen LogP contribution in [0.25, 0.3) is 0 Å². The molecule has 2 aromatic carbocycles. The summed E-state index contributed by atoms with van der Waals surface area (Å²) in [5.41, 5.74) is 3.28. The molecule has 148 valence electrons. The number of carbonyl (C=O) groups excluding carboxylic acids is 1. The third-order valence-corrected chi connectivity index (χ3v) is 8.60. The third kappa shape index (κ3) is 2.23. The first-order chi connectivity index (χ1) is 14.2. The Morgan fingerprint density at radius 3 is 2.76 bits per heavy atom. The van der Waals surface area contributed by atoms with E-state index in [1.165, 1.54) is 24.0 Å². The Bertz CT molecular complexity index is 1010. The number of anilines is 1. The lowest BCUT2D eigenvalue weighted by molar-refractivity contribution is 0.178. The topological polar surface area (TPSA) is 32.8 Å². The van der Waals surface area contributed by atoms with Crippen molar-refractivity contribution in [1.82, 2.24) is 4.90 Å². The number of carbonyl (C=O) groups is 1. The minimum atomic E-state index is -0.279. The molecule has 0 bridgehead atoms. The van der Waals surface area contributed by atoms with E-state index in [9.17, 15) is 4.79 Å². The number of allylic oxidation sites excluding steroid dienone is 1. The molecule has 4 nitrogen and oxygen atoms in total. The molecule has 2 saturated heterocycles. The van der Waals surface area contributed by atoms with E-state index < -0.39 is 0 Å². The van der Waals surface area contributed by atoms with Gasteiger partial charge in [0.2, 0.25) is 0 Å². The number of rotatable bonds is 2. The van der Waals surface area contributed by atoms with Gasteiger partial charge < -0.3 is 4.74 Å². The molecule has 0 unspecified atom stereocenters. The number of nitrogens with zero attached hydrogens (tertiary/aromatic N) is 2. The highest BCUT2D eigenvalue weighted by atomic mass is 32.2. The van der Waals surface area contributed by atoms with E-state index in [1.807, 2.05) is 22.7 Å². The van der Waals surface area contributed by atoms with E-state index in [0.717, 1.165) is 30.9 Å². The fourth-order valence-corrected chi connectivity index (χ4v) is 7.79. The van der Waals surface area contributed by atoms with E-state index in [-0.39, 0.29) is 11.5 Å². The maximum atomic E-state index is 12.9. The smallest absolute Gasteiger partial charge is 0.418 e. The molecule has 4 atom stereocenters. The molecule has 2 fully saturated rings. The number of hydrogen-bond donors (Lipinski definition) is 0. The number of benzene rings is 2. The van der Waals surface area contributed by atoms with Crippen LogP contribution in [0.2, 0.25) is 0 Å². The van der Waals surface area contributed by atoms with Gasteiger partial charge in [0, 0.05) is 28.4 Å². The molecule has 3 aliphatic heterocycles. The van der Waals surface area contributed by atoms with Crippen LogP contribution in [0.15, 0.2) is 71.3 Å². The molecule has 2 aromatic rings. The first-order valence-electron chi connectivity index (χ1n) is 10.4. The lowest BCUT2D eigenvalue weighted by Crippen LogP contribution is -2.51. The number of hydrogen-bond acceptors (Lipinski definition) is 4. The Kier molecular flexibility index (Phi) is 3.87. The summed E-state index contributed by atoms with van der Waals surface area (Å²) in [6, 6.07) is 19.6. The second-order valence-electron chi connectivity index (χ2n) is 8.42. The standard InChI is InChI=1S/C24H24N2O2S/c1-28-23(27)26-19-10-6-5-9-18(19)24-20(26)12-11-16-13-14-25(22(16)24)15-21(24)29-17-7-3-2-4-8-17/h2-10,12,16,21-22H,11,13-15H2,1H3/t16-,21-,22+,24+/m0/s1. The molecule has 0 N–H and O–H groups in total. The van der Waals surface area contributed by atoms with Crippen molar-refractivity contribution >= 4 is 23.5 Å². The Morgan fingerprint density at radius 1 is 1.14 bits per heavy atom.